The third kappa shape index (κ3) is 5.43. The summed E-state index contributed by atoms with van der Waals surface area (Å²) in [7, 11) is 0. The van der Waals surface area contributed by atoms with Crippen molar-refractivity contribution in [3.05, 3.63) is 11.1 Å². The van der Waals surface area contributed by atoms with Gasteiger partial charge in [0.25, 0.3) is 0 Å². The Kier molecular flexibility index (Phi) is 7.08. The van der Waals surface area contributed by atoms with Gasteiger partial charge in [-0.15, -0.1) is 0 Å². The van der Waals surface area contributed by atoms with Crippen molar-refractivity contribution in [2.75, 3.05) is 6.61 Å². The van der Waals surface area contributed by atoms with Crippen LogP contribution in [0.2, 0.25) is 0 Å². The molecule has 5 nitrogen and oxygen atoms in total. The van der Waals surface area contributed by atoms with Crippen molar-refractivity contribution >= 4 is 17.8 Å². The van der Waals surface area contributed by atoms with E-state index in [1.807, 2.05) is 0 Å². The maximum atomic E-state index is 12.6. The fourth-order valence-corrected chi connectivity index (χ4v) is 4.53. The molecular formula is C22H33NO4. The quantitative estimate of drug-likeness (QED) is 0.629. The molecule has 0 saturated heterocycles. The summed E-state index contributed by atoms with van der Waals surface area (Å²) in [5.74, 6) is 1.02. The van der Waals surface area contributed by atoms with Crippen LogP contribution in [0.4, 0.5) is 0 Å². The molecule has 0 bridgehead atoms. The number of esters is 2. The van der Waals surface area contributed by atoms with Crippen molar-refractivity contribution < 1.29 is 19.1 Å². The van der Waals surface area contributed by atoms with Crippen LogP contribution in [0, 0.1) is 11.8 Å². The first-order valence-corrected chi connectivity index (χ1v) is 10.7. The Hall–Kier alpha value is -1.65. The highest BCUT2D eigenvalue weighted by Crippen LogP contribution is 2.35. The highest BCUT2D eigenvalue weighted by molar-refractivity contribution is 6.16. The zero-order valence-corrected chi connectivity index (χ0v) is 16.8. The van der Waals surface area contributed by atoms with E-state index in [0.717, 1.165) is 44.4 Å². The Morgan fingerprint density at radius 1 is 1.07 bits per heavy atom. The van der Waals surface area contributed by atoms with Gasteiger partial charge in [0.05, 0.1) is 19.1 Å². The molecule has 0 amide bonds. The monoisotopic (exact) mass is 375 g/mol. The van der Waals surface area contributed by atoms with Crippen molar-refractivity contribution in [3.63, 3.8) is 0 Å². The van der Waals surface area contributed by atoms with Crippen molar-refractivity contribution in [2.45, 2.75) is 90.5 Å². The lowest BCUT2D eigenvalue weighted by atomic mass is 9.83. The van der Waals surface area contributed by atoms with Crippen molar-refractivity contribution in [3.8, 4) is 0 Å². The van der Waals surface area contributed by atoms with E-state index in [4.69, 9.17) is 14.5 Å². The molecule has 1 heterocycles. The average Bonchev–Trinajstić information content (AvgIpc) is 2.93. The van der Waals surface area contributed by atoms with Crippen molar-refractivity contribution in [1.29, 1.82) is 0 Å². The first-order chi connectivity index (χ1) is 13.1. The SMILES string of the molecule is CCOC(=O)CC1=C(CC2CCCCC2)C(=O)OC1=NC1CCC(C)CC1. The molecule has 2 saturated carbocycles. The van der Waals surface area contributed by atoms with Gasteiger partial charge in [0, 0.05) is 11.1 Å². The summed E-state index contributed by atoms with van der Waals surface area (Å²) in [5.41, 5.74) is 1.35. The molecule has 3 rings (SSSR count). The Labute approximate surface area is 162 Å². The van der Waals surface area contributed by atoms with E-state index in [1.54, 1.807) is 6.92 Å². The number of rotatable bonds is 6. The average molecular weight is 376 g/mol. The van der Waals surface area contributed by atoms with Crippen LogP contribution in [0.5, 0.6) is 0 Å². The van der Waals surface area contributed by atoms with Gasteiger partial charge >= 0.3 is 11.9 Å². The maximum Gasteiger partial charge on any atom is 0.341 e. The van der Waals surface area contributed by atoms with Gasteiger partial charge in [-0.2, -0.15) is 0 Å². The third-order valence-corrected chi connectivity index (χ3v) is 6.19. The summed E-state index contributed by atoms with van der Waals surface area (Å²) in [6.07, 6.45) is 11.2. The normalized spacial score (nSPS) is 28.5. The summed E-state index contributed by atoms with van der Waals surface area (Å²) in [6.45, 7) is 4.41. The standard InChI is InChI=1S/C22H33NO4/c1-3-26-20(24)14-18-19(13-16-7-5-4-6-8-16)22(25)27-21(18)23-17-11-9-15(2)10-12-17/h15-17H,3-14H2,1-2H3. The topological polar surface area (TPSA) is 65.0 Å². The van der Waals surface area contributed by atoms with Crippen LogP contribution in [0.3, 0.4) is 0 Å². The number of aliphatic imine (C=N–C) groups is 1. The minimum Gasteiger partial charge on any atom is -0.466 e. The molecule has 27 heavy (non-hydrogen) atoms. The number of ether oxygens (including phenoxy) is 2. The molecular weight excluding hydrogens is 342 g/mol. The lowest BCUT2D eigenvalue weighted by molar-refractivity contribution is -0.142. The van der Waals surface area contributed by atoms with Crippen LogP contribution in [0.1, 0.15) is 84.5 Å². The Bertz CT molecular complexity index is 608. The molecule has 0 unspecified atom stereocenters. The molecule has 0 N–H and O–H groups in total. The van der Waals surface area contributed by atoms with Gasteiger partial charge < -0.3 is 9.47 Å². The Morgan fingerprint density at radius 2 is 1.78 bits per heavy atom. The van der Waals surface area contributed by atoms with Gasteiger partial charge in [-0.1, -0.05) is 39.0 Å². The molecule has 150 valence electrons. The van der Waals surface area contributed by atoms with Crippen LogP contribution in [0.15, 0.2) is 16.1 Å². The first kappa shape index (κ1) is 20.1. The van der Waals surface area contributed by atoms with Gasteiger partial charge in [0.15, 0.2) is 0 Å². The molecule has 0 aromatic rings. The molecule has 3 aliphatic rings. The van der Waals surface area contributed by atoms with Crippen molar-refractivity contribution in [2.24, 2.45) is 16.8 Å². The predicted octanol–water partition coefficient (Wildman–Crippen LogP) is 4.74. The van der Waals surface area contributed by atoms with Crippen LogP contribution in [-0.2, 0) is 19.1 Å². The lowest BCUT2D eigenvalue weighted by Gasteiger charge is -2.23. The Morgan fingerprint density at radius 3 is 2.44 bits per heavy atom. The fraction of sp³-hybridized carbons (Fsp3) is 0.773. The van der Waals surface area contributed by atoms with E-state index < -0.39 is 0 Å². The zero-order valence-electron chi connectivity index (χ0n) is 16.8. The summed E-state index contributed by atoms with van der Waals surface area (Å²) >= 11 is 0. The van der Waals surface area contributed by atoms with Crippen LogP contribution in [-0.4, -0.2) is 30.5 Å². The highest BCUT2D eigenvalue weighted by Gasteiger charge is 2.35. The van der Waals surface area contributed by atoms with E-state index in [9.17, 15) is 9.59 Å². The summed E-state index contributed by atoms with van der Waals surface area (Å²) < 4.78 is 10.7. The second-order valence-corrected chi connectivity index (χ2v) is 8.38. The summed E-state index contributed by atoms with van der Waals surface area (Å²) in [4.78, 5) is 29.5. The van der Waals surface area contributed by atoms with Crippen LogP contribution >= 0.6 is 0 Å². The number of carbonyl (C=O) groups excluding carboxylic acids is 2. The van der Waals surface area contributed by atoms with Gasteiger partial charge in [-0.25, -0.2) is 9.79 Å². The largest absolute Gasteiger partial charge is 0.466 e. The summed E-state index contributed by atoms with van der Waals surface area (Å²) in [5, 5.41) is 0. The molecule has 2 fully saturated rings. The molecule has 0 spiro atoms. The molecule has 0 aromatic heterocycles. The molecule has 1 aliphatic heterocycles. The second kappa shape index (κ2) is 9.52. The molecule has 0 aromatic carbocycles. The Balaban J connectivity index is 1.80. The number of nitrogens with zero attached hydrogens (tertiary/aromatic N) is 1. The van der Waals surface area contributed by atoms with E-state index >= 15 is 0 Å². The van der Waals surface area contributed by atoms with Gasteiger partial charge in [-0.05, 0) is 50.9 Å². The van der Waals surface area contributed by atoms with E-state index in [1.165, 1.54) is 19.3 Å². The van der Waals surface area contributed by atoms with Gasteiger partial charge in [0.1, 0.15) is 0 Å². The molecule has 5 heteroatoms. The maximum absolute atomic E-state index is 12.6. The molecule has 2 aliphatic carbocycles. The highest BCUT2D eigenvalue weighted by atomic mass is 16.6. The number of cyclic esters (lactones) is 1. The fourth-order valence-electron chi connectivity index (χ4n) is 4.53. The summed E-state index contributed by atoms with van der Waals surface area (Å²) in [6, 6.07) is 0.190. The van der Waals surface area contributed by atoms with Gasteiger partial charge in [0.2, 0.25) is 5.90 Å². The number of hydrogen-bond acceptors (Lipinski definition) is 5. The number of hydrogen-bond donors (Lipinski definition) is 0. The lowest BCUT2D eigenvalue weighted by Crippen LogP contribution is -2.19. The second-order valence-electron chi connectivity index (χ2n) is 8.38. The third-order valence-electron chi connectivity index (χ3n) is 6.19. The minimum atomic E-state index is -0.308. The van der Waals surface area contributed by atoms with E-state index in [2.05, 4.69) is 6.92 Å². The predicted molar refractivity (Wildman–Crippen MR) is 104 cm³/mol. The molecule has 0 atom stereocenters. The van der Waals surface area contributed by atoms with E-state index in [-0.39, 0.29) is 24.4 Å². The zero-order chi connectivity index (χ0) is 19.2. The smallest absolute Gasteiger partial charge is 0.341 e. The van der Waals surface area contributed by atoms with Crippen LogP contribution in [0.25, 0.3) is 0 Å². The van der Waals surface area contributed by atoms with Crippen molar-refractivity contribution in [1.82, 2.24) is 0 Å². The van der Waals surface area contributed by atoms with Gasteiger partial charge in [-0.3, -0.25) is 4.79 Å². The van der Waals surface area contributed by atoms with E-state index in [0.29, 0.717) is 36.0 Å². The molecule has 0 radical (unpaired) electrons. The minimum absolute atomic E-state index is 0.0869. The first-order valence-electron chi connectivity index (χ1n) is 10.7. The number of carbonyl (C=O) groups is 2. The van der Waals surface area contributed by atoms with Crippen LogP contribution < -0.4 is 0 Å².